The van der Waals surface area contributed by atoms with E-state index in [1.54, 1.807) is 0 Å². The zero-order valence-corrected chi connectivity index (χ0v) is 10.8. The molecule has 1 unspecified atom stereocenters. The maximum atomic E-state index is 11.5. The number of H-pyrrole nitrogens is 1. The van der Waals surface area contributed by atoms with Crippen molar-refractivity contribution < 1.29 is 0 Å². The Morgan fingerprint density at radius 3 is 3.28 bits per heavy atom. The summed E-state index contributed by atoms with van der Waals surface area (Å²) in [6, 6.07) is 0. The predicted octanol–water partition coefficient (Wildman–Crippen LogP) is 0.178. The van der Waals surface area contributed by atoms with Gasteiger partial charge in [0, 0.05) is 13.1 Å². The smallest absolute Gasteiger partial charge is 0.276 e. The van der Waals surface area contributed by atoms with Crippen LogP contribution in [0.15, 0.2) is 11.1 Å². The topological polar surface area (TPSA) is 87.0 Å². The molecule has 0 bridgehead atoms. The number of nitrogens with two attached hydrogens (primary N) is 1. The van der Waals surface area contributed by atoms with Crippen molar-refractivity contribution in [3.05, 3.63) is 16.7 Å². The quantitative estimate of drug-likeness (QED) is 0.710. The molecule has 1 aliphatic heterocycles. The van der Waals surface area contributed by atoms with Crippen molar-refractivity contribution in [1.82, 2.24) is 15.3 Å². The molecule has 0 radical (unpaired) electrons. The number of anilines is 2. The Morgan fingerprint density at radius 2 is 2.50 bits per heavy atom. The third-order valence-corrected chi connectivity index (χ3v) is 3.37. The minimum absolute atomic E-state index is 0.224. The van der Waals surface area contributed by atoms with E-state index in [1.807, 2.05) is 0 Å². The van der Waals surface area contributed by atoms with E-state index in [4.69, 9.17) is 5.73 Å². The summed E-state index contributed by atoms with van der Waals surface area (Å²) in [6.07, 6.45) is 3.75. The lowest BCUT2D eigenvalue weighted by Crippen LogP contribution is -2.41. The van der Waals surface area contributed by atoms with E-state index in [1.165, 1.54) is 12.7 Å². The molecule has 0 aliphatic carbocycles. The standard InChI is InChI=1S/C12H21N5O/c1-2-14-6-9-4-3-5-17(7-9)11-10(13)12(18)16-8-15-11/h8-9,14H,2-7,13H2,1H3,(H,15,16,18). The number of aromatic amines is 1. The Morgan fingerprint density at radius 1 is 1.67 bits per heavy atom. The molecular weight excluding hydrogens is 230 g/mol. The van der Waals surface area contributed by atoms with Gasteiger partial charge in [-0.15, -0.1) is 0 Å². The molecule has 2 heterocycles. The third-order valence-electron chi connectivity index (χ3n) is 3.37. The molecule has 1 atom stereocenters. The molecule has 1 aliphatic rings. The van der Waals surface area contributed by atoms with Crippen molar-refractivity contribution >= 4 is 11.5 Å². The molecule has 1 fully saturated rings. The van der Waals surface area contributed by atoms with Crippen LogP contribution >= 0.6 is 0 Å². The van der Waals surface area contributed by atoms with Gasteiger partial charge in [0.2, 0.25) is 0 Å². The molecule has 0 aromatic carbocycles. The van der Waals surface area contributed by atoms with Crippen LogP contribution < -0.4 is 21.5 Å². The van der Waals surface area contributed by atoms with Crippen LogP contribution in [0.4, 0.5) is 11.5 Å². The summed E-state index contributed by atoms with van der Waals surface area (Å²) in [5.41, 5.74) is 5.76. The molecule has 1 aromatic rings. The van der Waals surface area contributed by atoms with Crippen LogP contribution in [-0.4, -0.2) is 36.1 Å². The lowest BCUT2D eigenvalue weighted by atomic mass is 9.98. The zero-order valence-electron chi connectivity index (χ0n) is 10.8. The van der Waals surface area contributed by atoms with Gasteiger partial charge in [0.25, 0.3) is 5.56 Å². The number of aromatic nitrogens is 2. The molecule has 18 heavy (non-hydrogen) atoms. The van der Waals surface area contributed by atoms with Crippen LogP contribution in [0.1, 0.15) is 19.8 Å². The van der Waals surface area contributed by atoms with Gasteiger partial charge in [-0.3, -0.25) is 4.79 Å². The van der Waals surface area contributed by atoms with E-state index in [0.717, 1.165) is 32.6 Å². The maximum Gasteiger partial charge on any atom is 0.276 e. The number of nitrogen functional groups attached to an aromatic ring is 1. The third kappa shape index (κ3) is 2.81. The van der Waals surface area contributed by atoms with E-state index in [-0.39, 0.29) is 11.2 Å². The van der Waals surface area contributed by atoms with Gasteiger partial charge in [-0.1, -0.05) is 6.92 Å². The van der Waals surface area contributed by atoms with Gasteiger partial charge in [-0.2, -0.15) is 0 Å². The van der Waals surface area contributed by atoms with Crippen LogP contribution in [-0.2, 0) is 0 Å². The molecular formula is C12H21N5O. The van der Waals surface area contributed by atoms with Crippen LogP contribution in [0.3, 0.4) is 0 Å². The summed E-state index contributed by atoms with van der Waals surface area (Å²) in [5, 5.41) is 3.37. The van der Waals surface area contributed by atoms with Gasteiger partial charge in [-0.05, 0) is 31.8 Å². The molecule has 4 N–H and O–H groups in total. The molecule has 0 amide bonds. The molecule has 2 rings (SSSR count). The fourth-order valence-electron chi connectivity index (χ4n) is 2.43. The molecule has 6 heteroatoms. The van der Waals surface area contributed by atoms with E-state index >= 15 is 0 Å². The Balaban J connectivity index is 2.08. The monoisotopic (exact) mass is 251 g/mol. The number of nitrogens with zero attached hydrogens (tertiary/aromatic N) is 2. The van der Waals surface area contributed by atoms with E-state index < -0.39 is 0 Å². The summed E-state index contributed by atoms with van der Waals surface area (Å²) in [6.45, 7) is 5.94. The first-order chi connectivity index (χ1) is 8.72. The zero-order chi connectivity index (χ0) is 13.0. The average Bonchev–Trinajstić information content (AvgIpc) is 2.40. The number of nitrogens with one attached hydrogen (secondary N) is 2. The van der Waals surface area contributed by atoms with Crippen LogP contribution in [0.2, 0.25) is 0 Å². The van der Waals surface area contributed by atoms with Gasteiger partial charge in [-0.25, -0.2) is 4.98 Å². The first-order valence-electron chi connectivity index (χ1n) is 6.51. The highest BCUT2D eigenvalue weighted by Gasteiger charge is 2.22. The maximum absolute atomic E-state index is 11.5. The minimum atomic E-state index is -0.256. The Kier molecular flexibility index (Phi) is 4.19. The van der Waals surface area contributed by atoms with Gasteiger partial charge < -0.3 is 20.9 Å². The summed E-state index contributed by atoms with van der Waals surface area (Å²) >= 11 is 0. The highest BCUT2D eigenvalue weighted by Crippen LogP contribution is 2.23. The van der Waals surface area contributed by atoms with Gasteiger partial charge in [0.1, 0.15) is 5.69 Å². The van der Waals surface area contributed by atoms with Gasteiger partial charge in [0.05, 0.1) is 6.33 Å². The number of hydrogen-bond donors (Lipinski definition) is 3. The molecule has 100 valence electrons. The highest BCUT2D eigenvalue weighted by atomic mass is 16.1. The summed E-state index contributed by atoms with van der Waals surface area (Å²) in [7, 11) is 0. The van der Waals surface area contributed by atoms with Gasteiger partial charge in [0.15, 0.2) is 5.82 Å². The van der Waals surface area contributed by atoms with Gasteiger partial charge >= 0.3 is 0 Å². The molecule has 6 nitrogen and oxygen atoms in total. The van der Waals surface area contributed by atoms with Crippen LogP contribution in [0, 0.1) is 5.92 Å². The Labute approximate surface area is 107 Å². The molecule has 1 aromatic heterocycles. The molecule has 1 saturated heterocycles. The second kappa shape index (κ2) is 5.86. The van der Waals surface area contributed by atoms with Crippen molar-refractivity contribution in [3.63, 3.8) is 0 Å². The lowest BCUT2D eigenvalue weighted by Gasteiger charge is -2.34. The second-order valence-electron chi connectivity index (χ2n) is 4.73. The Bertz CT molecular complexity index is 444. The van der Waals surface area contributed by atoms with E-state index in [9.17, 15) is 4.79 Å². The largest absolute Gasteiger partial charge is 0.391 e. The van der Waals surface area contributed by atoms with Crippen LogP contribution in [0.5, 0.6) is 0 Å². The summed E-state index contributed by atoms with van der Waals surface area (Å²) in [5.74, 6) is 1.22. The molecule has 0 spiro atoms. The predicted molar refractivity (Wildman–Crippen MR) is 72.8 cm³/mol. The number of piperidine rings is 1. The highest BCUT2D eigenvalue weighted by molar-refractivity contribution is 5.60. The average molecular weight is 251 g/mol. The first kappa shape index (κ1) is 12.9. The number of rotatable bonds is 4. The normalized spacial score (nSPS) is 20.1. The fraction of sp³-hybridized carbons (Fsp3) is 0.667. The van der Waals surface area contributed by atoms with Crippen molar-refractivity contribution in [1.29, 1.82) is 0 Å². The van der Waals surface area contributed by atoms with Crippen molar-refractivity contribution in [3.8, 4) is 0 Å². The lowest BCUT2D eigenvalue weighted by molar-refractivity contribution is 0.394. The van der Waals surface area contributed by atoms with E-state index in [0.29, 0.717) is 11.7 Å². The van der Waals surface area contributed by atoms with Crippen molar-refractivity contribution in [2.24, 2.45) is 5.92 Å². The Hall–Kier alpha value is -1.56. The molecule has 0 saturated carbocycles. The SMILES string of the molecule is CCNCC1CCCN(c2nc[nH]c(=O)c2N)C1. The van der Waals surface area contributed by atoms with Crippen molar-refractivity contribution in [2.45, 2.75) is 19.8 Å². The fourth-order valence-corrected chi connectivity index (χ4v) is 2.43. The second-order valence-corrected chi connectivity index (χ2v) is 4.73. The number of hydrogen-bond acceptors (Lipinski definition) is 5. The van der Waals surface area contributed by atoms with Crippen molar-refractivity contribution in [2.75, 3.05) is 36.8 Å². The summed E-state index contributed by atoms with van der Waals surface area (Å²) < 4.78 is 0. The van der Waals surface area contributed by atoms with Crippen LogP contribution in [0.25, 0.3) is 0 Å². The minimum Gasteiger partial charge on any atom is -0.391 e. The summed E-state index contributed by atoms with van der Waals surface area (Å²) in [4.78, 5) is 20.3. The van der Waals surface area contributed by atoms with E-state index in [2.05, 4.69) is 27.1 Å². The first-order valence-corrected chi connectivity index (χ1v) is 6.51.